The van der Waals surface area contributed by atoms with Crippen molar-refractivity contribution in [3.8, 4) is 0 Å². The summed E-state index contributed by atoms with van der Waals surface area (Å²) in [6.45, 7) is 2.27. The first kappa shape index (κ1) is 24.5. The second-order valence-electron chi connectivity index (χ2n) is 7.95. The monoisotopic (exact) mass is 464 g/mol. The van der Waals surface area contributed by atoms with Crippen molar-refractivity contribution in [2.75, 3.05) is 12.8 Å². The molecule has 3 aromatic rings. The summed E-state index contributed by atoms with van der Waals surface area (Å²) in [6, 6.07) is 23.2. The fraction of sp³-hybridized carbons (Fsp3) is 0.259. The fourth-order valence-corrected chi connectivity index (χ4v) is 4.51. The smallest absolute Gasteiger partial charge is 0.242 e. The van der Waals surface area contributed by atoms with E-state index >= 15 is 0 Å². The summed E-state index contributed by atoms with van der Waals surface area (Å²) < 4.78 is 13.4. The van der Waals surface area contributed by atoms with Gasteiger partial charge < -0.3 is 10.2 Å². The Labute approximate surface area is 199 Å². The Morgan fingerprint density at radius 2 is 1.64 bits per heavy atom. The van der Waals surface area contributed by atoms with Gasteiger partial charge in [0.25, 0.3) is 0 Å². The molecule has 33 heavy (non-hydrogen) atoms. The number of amides is 2. The van der Waals surface area contributed by atoms with E-state index in [0.29, 0.717) is 12.2 Å². The van der Waals surface area contributed by atoms with Crippen molar-refractivity contribution >= 4 is 23.6 Å². The van der Waals surface area contributed by atoms with Crippen LogP contribution in [0.25, 0.3) is 0 Å². The average Bonchev–Trinajstić information content (AvgIpc) is 2.82. The van der Waals surface area contributed by atoms with Crippen LogP contribution < -0.4 is 5.32 Å². The van der Waals surface area contributed by atoms with Crippen molar-refractivity contribution in [2.45, 2.75) is 31.7 Å². The maximum absolute atomic E-state index is 13.4. The van der Waals surface area contributed by atoms with E-state index < -0.39 is 6.04 Å². The molecule has 172 valence electrons. The third kappa shape index (κ3) is 7.46. The fourth-order valence-electron chi connectivity index (χ4n) is 3.65. The van der Waals surface area contributed by atoms with Crippen LogP contribution in [0.15, 0.2) is 78.9 Å². The lowest BCUT2D eigenvalue weighted by atomic mass is 10.0. The first-order chi connectivity index (χ1) is 16.0. The third-order valence-electron chi connectivity index (χ3n) is 5.36. The van der Waals surface area contributed by atoms with Gasteiger partial charge in [0.15, 0.2) is 0 Å². The number of likely N-dealkylation sites (N-methyl/N-ethyl adjacent to an activating group) is 1. The van der Waals surface area contributed by atoms with Gasteiger partial charge in [-0.05, 0) is 35.7 Å². The van der Waals surface area contributed by atoms with Crippen LogP contribution in [-0.4, -0.2) is 35.6 Å². The van der Waals surface area contributed by atoms with Crippen molar-refractivity contribution in [2.24, 2.45) is 0 Å². The average molecular weight is 465 g/mol. The maximum Gasteiger partial charge on any atom is 0.242 e. The standard InChI is InChI=1S/C27H29FN2O2S/c1-20-7-6-10-23(15-20)18-33-19-26(31)30(17-22-11-13-24(28)14-12-22)25(27(32)29-2)16-21-8-4-3-5-9-21/h3-15,25H,16-19H2,1-2H3,(H,29,32)/t25-/m1/s1. The lowest BCUT2D eigenvalue weighted by Gasteiger charge is -2.31. The largest absolute Gasteiger partial charge is 0.357 e. The predicted molar refractivity (Wildman–Crippen MR) is 132 cm³/mol. The van der Waals surface area contributed by atoms with Gasteiger partial charge in [0, 0.05) is 25.8 Å². The summed E-state index contributed by atoms with van der Waals surface area (Å²) in [4.78, 5) is 27.9. The Kier molecular flexibility index (Phi) is 9.07. The van der Waals surface area contributed by atoms with Crippen LogP contribution in [0.5, 0.6) is 0 Å². The van der Waals surface area contributed by atoms with E-state index in [9.17, 15) is 14.0 Å². The van der Waals surface area contributed by atoms with Gasteiger partial charge in [-0.3, -0.25) is 9.59 Å². The van der Waals surface area contributed by atoms with Crippen LogP contribution in [-0.2, 0) is 28.3 Å². The zero-order valence-electron chi connectivity index (χ0n) is 19.0. The second-order valence-corrected chi connectivity index (χ2v) is 8.94. The molecule has 0 spiro atoms. The highest BCUT2D eigenvalue weighted by Crippen LogP contribution is 2.19. The van der Waals surface area contributed by atoms with Crippen LogP contribution in [0.2, 0.25) is 0 Å². The molecule has 1 N–H and O–H groups in total. The topological polar surface area (TPSA) is 49.4 Å². The molecule has 3 aromatic carbocycles. The summed E-state index contributed by atoms with van der Waals surface area (Å²) in [5, 5.41) is 2.70. The minimum atomic E-state index is -0.672. The molecular weight excluding hydrogens is 435 g/mol. The molecule has 4 nitrogen and oxygen atoms in total. The quantitative estimate of drug-likeness (QED) is 0.471. The van der Waals surface area contributed by atoms with Crippen LogP contribution >= 0.6 is 11.8 Å². The number of nitrogens with zero attached hydrogens (tertiary/aromatic N) is 1. The molecule has 0 aromatic heterocycles. The maximum atomic E-state index is 13.4. The van der Waals surface area contributed by atoms with Crippen molar-refractivity contribution < 1.29 is 14.0 Å². The summed E-state index contributed by atoms with van der Waals surface area (Å²) >= 11 is 1.52. The summed E-state index contributed by atoms with van der Waals surface area (Å²) in [7, 11) is 1.58. The molecule has 0 aliphatic carbocycles. The van der Waals surface area contributed by atoms with Crippen LogP contribution in [0.3, 0.4) is 0 Å². The zero-order valence-corrected chi connectivity index (χ0v) is 19.8. The highest BCUT2D eigenvalue weighted by molar-refractivity contribution is 7.99. The lowest BCUT2D eigenvalue weighted by molar-refractivity contribution is -0.139. The number of aryl methyl sites for hydroxylation is 1. The molecule has 0 aliphatic heterocycles. The van der Waals surface area contributed by atoms with E-state index in [2.05, 4.69) is 11.4 Å². The molecule has 0 saturated heterocycles. The highest BCUT2D eigenvalue weighted by Gasteiger charge is 2.29. The number of benzene rings is 3. The summed E-state index contributed by atoms with van der Waals surface area (Å²) in [5.41, 5.74) is 4.08. The van der Waals surface area contributed by atoms with E-state index in [1.165, 1.54) is 29.5 Å². The number of nitrogens with one attached hydrogen (secondary N) is 1. The van der Waals surface area contributed by atoms with Crippen molar-refractivity contribution in [3.63, 3.8) is 0 Å². The van der Waals surface area contributed by atoms with E-state index in [0.717, 1.165) is 16.7 Å². The molecule has 0 fully saturated rings. The number of halogens is 1. The molecule has 0 saturated carbocycles. The number of carbonyl (C=O) groups is 2. The minimum Gasteiger partial charge on any atom is -0.357 e. The molecule has 2 amide bonds. The van der Waals surface area contributed by atoms with Crippen LogP contribution in [0.4, 0.5) is 4.39 Å². The van der Waals surface area contributed by atoms with Crippen molar-refractivity contribution in [1.29, 1.82) is 0 Å². The van der Waals surface area contributed by atoms with Gasteiger partial charge >= 0.3 is 0 Å². The number of thioether (sulfide) groups is 1. The van der Waals surface area contributed by atoms with E-state index in [1.807, 2.05) is 55.5 Å². The number of hydrogen-bond donors (Lipinski definition) is 1. The van der Waals surface area contributed by atoms with Gasteiger partial charge in [0.1, 0.15) is 11.9 Å². The predicted octanol–water partition coefficient (Wildman–Crippen LogP) is 4.75. The molecular formula is C27H29FN2O2S. The van der Waals surface area contributed by atoms with E-state index in [1.54, 1.807) is 24.1 Å². The van der Waals surface area contributed by atoms with E-state index in [-0.39, 0.29) is 29.9 Å². The summed E-state index contributed by atoms with van der Waals surface area (Å²) in [5.74, 6) is 0.274. The third-order valence-corrected chi connectivity index (χ3v) is 6.35. The first-order valence-electron chi connectivity index (χ1n) is 10.9. The molecule has 0 unspecified atom stereocenters. The Balaban J connectivity index is 1.80. The molecule has 6 heteroatoms. The van der Waals surface area contributed by atoms with Gasteiger partial charge in [-0.1, -0.05) is 72.3 Å². The van der Waals surface area contributed by atoms with Gasteiger partial charge in [-0.15, -0.1) is 11.8 Å². The Morgan fingerprint density at radius 1 is 0.939 bits per heavy atom. The molecule has 0 radical (unpaired) electrons. The van der Waals surface area contributed by atoms with E-state index in [4.69, 9.17) is 0 Å². The van der Waals surface area contributed by atoms with Crippen molar-refractivity contribution in [3.05, 3.63) is 107 Å². The lowest BCUT2D eigenvalue weighted by Crippen LogP contribution is -2.50. The Morgan fingerprint density at radius 3 is 2.30 bits per heavy atom. The molecule has 0 heterocycles. The number of rotatable bonds is 10. The highest BCUT2D eigenvalue weighted by atomic mass is 32.2. The zero-order chi connectivity index (χ0) is 23.6. The van der Waals surface area contributed by atoms with Crippen molar-refractivity contribution in [1.82, 2.24) is 10.2 Å². The van der Waals surface area contributed by atoms with Crippen LogP contribution in [0.1, 0.15) is 22.3 Å². The molecule has 0 aliphatic rings. The first-order valence-corrected chi connectivity index (χ1v) is 12.0. The van der Waals surface area contributed by atoms with Crippen LogP contribution in [0, 0.1) is 12.7 Å². The molecule has 3 rings (SSSR count). The van der Waals surface area contributed by atoms with Gasteiger partial charge in [-0.2, -0.15) is 0 Å². The van der Waals surface area contributed by atoms with Gasteiger partial charge in [-0.25, -0.2) is 4.39 Å². The molecule has 0 bridgehead atoms. The number of carbonyl (C=O) groups excluding carboxylic acids is 2. The Hall–Kier alpha value is -3.12. The molecule has 1 atom stereocenters. The SMILES string of the molecule is CNC(=O)[C@@H](Cc1ccccc1)N(Cc1ccc(F)cc1)C(=O)CSCc1cccc(C)c1. The normalized spacial score (nSPS) is 11.6. The van der Waals surface area contributed by atoms with Gasteiger partial charge in [0.05, 0.1) is 5.75 Å². The van der Waals surface area contributed by atoms with Gasteiger partial charge in [0.2, 0.25) is 11.8 Å². The number of hydrogen-bond acceptors (Lipinski definition) is 3. The minimum absolute atomic E-state index is 0.124. The Bertz CT molecular complexity index is 1060. The second kappa shape index (κ2) is 12.2. The summed E-state index contributed by atoms with van der Waals surface area (Å²) in [6.07, 6.45) is 0.399.